The van der Waals surface area contributed by atoms with Crippen molar-refractivity contribution < 1.29 is 4.79 Å². The zero-order chi connectivity index (χ0) is 17.6. The standard InChI is InChI=1S/C20H27N3OS/c1-3-22-10-12-23(13-11-22)15-18-7-5-17(6-8-18)14-21-20(24)19-9-4-16(2)25-19/h4-9H,3,10-15H2,1-2H3,(H,21,24). The lowest BCUT2D eigenvalue weighted by Gasteiger charge is -2.34. The first-order valence-corrected chi connectivity index (χ1v) is 9.83. The highest BCUT2D eigenvalue weighted by molar-refractivity contribution is 7.13. The molecule has 1 aromatic heterocycles. The highest BCUT2D eigenvalue weighted by Crippen LogP contribution is 2.15. The van der Waals surface area contributed by atoms with E-state index in [0.717, 1.165) is 41.5 Å². The van der Waals surface area contributed by atoms with Crippen molar-refractivity contribution in [2.75, 3.05) is 32.7 Å². The first-order valence-electron chi connectivity index (χ1n) is 9.01. The zero-order valence-corrected chi connectivity index (χ0v) is 15.9. The fourth-order valence-corrected chi connectivity index (χ4v) is 3.89. The third kappa shape index (κ3) is 5.14. The summed E-state index contributed by atoms with van der Waals surface area (Å²) in [6.07, 6.45) is 0. The number of nitrogens with zero attached hydrogens (tertiary/aromatic N) is 2. The molecule has 5 heteroatoms. The molecule has 1 fully saturated rings. The van der Waals surface area contributed by atoms with E-state index in [1.54, 1.807) is 0 Å². The summed E-state index contributed by atoms with van der Waals surface area (Å²) in [5, 5.41) is 3.00. The van der Waals surface area contributed by atoms with Gasteiger partial charge in [-0.25, -0.2) is 0 Å². The Balaban J connectivity index is 1.46. The number of thiophene rings is 1. The van der Waals surface area contributed by atoms with E-state index >= 15 is 0 Å². The van der Waals surface area contributed by atoms with Crippen molar-refractivity contribution in [1.82, 2.24) is 15.1 Å². The minimum Gasteiger partial charge on any atom is -0.347 e. The van der Waals surface area contributed by atoms with Gasteiger partial charge in [0.25, 0.3) is 5.91 Å². The molecule has 0 spiro atoms. The molecule has 0 bridgehead atoms. The second-order valence-electron chi connectivity index (χ2n) is 6.62. The number of hydrogen-bond donors (Lipinski definition) is 1. The van der Waals surface area contributed by atoms with Crippen molar-refractivity contribution in [2.24, 2.45) is 0 Å². The summed E-state index contributed by atoms with van der Waals surface area (Å²) in [6, 6.07) is 12.5. The molecule has 2 aromatic rings. The number of piperazine rings is 1. The average Bonchev–Trinajstić information content (AvgIpc) is 3.08. The molecule has 1 aliphatic heterocycles. The number of rotatable bonds is 6. The fraction of sp³-hybridized carbons (Fsp3) is 0.450. The van der Waals surface area contributed by atoms with Crippen LogP contribution in [0, 0.1) is 6.92 Å². The molecule has 134 valence electrons. The maximum atomic E-state index is 12.1. The minimum absolute atomic E-state index is 0.0102. The van der Waals surface area contributed by atoms with Crippen LogP contribution in [0.4, 0.5) is 0 Å². The highest BCUT2D eigenvalue weighted by Gasteiger charge is 2.15. The summed E-state index contributed by atoms with van der Waals surface area (Å²) in [4.78, 5) is 19.1. The summed E-state index contributed by atoms with van der Waals surface area (Å²) >= 11 is 1.53. The van der Waals surface area contributed by atoms with E-state index in [2.05, 4.69) is 46.3 Å². The number of benzene rings is 1. The van der Waals surface area contributed by atoms with Crippen LogP contribution in [0.15, 0.2) is 36.4 Å². The van der Waals surface area contributed by atoms with Gasteiger partial charge in [0.2, 0.25) is 0 Å². The van der Waals surface area contributed by atoms with Crippen molar-refractivity contribution >= 4 is 17.2 Å². The summed E-state index contributed by atoms with van der Waals surface area (Å²) in [7, 11) is 0. The van der Waals surface area contributed by atoms with Gasteiger partial charge in [0.1, 0.15) is 0 Å². The molecule has 1 N–H and O–H groups in total. The van der Waals surface area contributed by atoms with Crippen molar-refractivity contribution in [3.63, 3.8) is 0 Å². The molecule has 0 atom stereocenters. The van der Waals surface area contributed by atoms with Gasteiger partial charge < -0.3 is 10.2 Å². The molecule has 3 rings (SSSR count). The van der Waals surface area contributed by atoms with Crippen LogP contribution in [-0.4, -0.2) is 48.4 Å². The number of amides is 1. The molecule has 4 nitrogen and oxygen atoms in total. The first-order chi connectivity index (χ1) is 12.1. The van der Waals surface area contributed by atoms with Crippen LogP contribution in [0.1, 0.15) is 32.6 Å². The molecule has 1 saturated heterocycles. The van der Waals surface area contributed by atoms with Gasteiger partial charge in [-0.1, -0.05) is 31.2 Å². The fourth-order valence-electron chi connectivity index (χ4n) is 3.11. The summed E-state index contributed by atoms with van der Waals surface area (Å²) < 4.78 is 0. The number of carbonyl (C=O) groups is 1. The van der Waals surface area contributed by atoms with E-state index in [1.807, 2.05) is 19.1 Å². The molecule has 25 heavy (non-hydrogen) atoms. The lowest BCUT2D eigenvalue weighted by atomic mass is 10.1. The summed E-state index contributed by atoms with van der Waals surface area (Å²) in [5.41, 5.74) is 2.48. The van der Waals surface area contributed by atoms with Crippen LogP contribution in [0.25, 0.3) is 0 Å². The molecule has 1 amide bonds. The van der Waals surface area contributed by atoms with Crippen LogP contribution in [0.5, 0.6) is 0 Å². The quantitative estimate of drug-likeness (QED) is 0.863. The van der Waals surface area contributed by atoms with Crippen molar-refractivity contribution in [3.8, 4) is 0 Å². The Morgan fingerprint density at radius 2 is 1.64 bits per heavy atom. The summed E-state index contributed by atoms with van der Waals surface area (Å²) in [5.74, 6) is 0.0102. The van der Waals surface area contributed by atoms with E-state index in [-0.39, 0.29) is 5.91 Å². The van der Waals surface area contributed by atoms with E-state index < -0.39 is 0 Å². The van der Waals surface area contributed by atoms with Crippen LogP contribution >= 0.6 is 11.3 Å². The summed E-state index contributed by atoms with van der Waals surface area (Å²) in [6.45, 7) is 11.6. The maximum Gasteiger partial charge on any atom is 0.261 e. The third-order valence-electron chi connectivity index (χ3n) is 4.76. The molecule has 0 unspecified atom stereocenters. The second kappa shape index (κ2) is 8.61. The smallest absolute Gasteiger partial charge is 0.261 e. The minimum atomic E-state index is 0.0102. The Morgan fingerprint density at radius 1 is 1.00 bits per heavy atom. The van der Waals surface area contributed by atoms with E-state index in [1.165, 1.54) is 30.0 Å². The molecule has 0 aliphatic carbocycles. The van der Waals surface area contributed by atoms with E-state index in [0.29, 0.717) is 6.54 Å². The molecular formula is C20H27N3OS. The van der Waals surface area contributed by atoms with Gasteiger partial charge in [0.05, 0.1) is 4.88 Å². The number of likely N-dealkylation sites (N-methyl/N-ethyl adjacent to an activating group) is 1. The van der Waals surface area contributed by atoms with Crippen LogP contribution in [0.3, 0.4) is 0 Å². The topological polar surface area (TPSA) is 35.6 Å². The zero-order valence-electron chi connectivity index (χ0n) is 15.1. The van der Waals surface area contributed by atoms with E-state index in [9.17, 15) is 4.79 Å². The molecule has 1 aliphatic rings. The Morgan fingerprint density at radius 3 is 2.24 bits per heavy atom. The van der Waals surface area contributed by atoms with Crippen LogP contribution < -0.4 is 5.32 Å². The number of aryl methyl sites for hydroxylation is 1. The maximum absolute atomic E-state index is 12.1. The normalized spacial score (nSPS) is 16.1. The van der Waals surface area contributed by atoms with Gasteiger partial charge in [-0.2, -0.15) is 0 Å². The molecule has 0 radical (unpaired) electrons. The first kappa shape index (κ1) is 18.1. The Labute approximate surface area is 154 Å². The van der Waals surface area contributed by atoms with Crippen LogP contribution in [-0.2, 0) is 13.1 Å². The average molecular weight is 358 g/mol. The Bertz CT molecular complexity index is 687. The highest BCUT2D eigenvalue weighted by atomic mass is 32.1. The van der Waals surface area contributed by atoms with Crippen LogP contribution in [0.2, 0.25) is 0 Å². The lowest BCUT2D eigenvalue weighted by Crippen LogP contribution is -2.45. The van der Waals surface area contributed by atoms with Gasteiger partial charge in [-0.3, -0.25) is 9.69 Å². The van der Waals surface area contributed by atoms with Gasteiger partial charge >= 0.3 is 0 Å². The van der Waals surface area contributed by atoms with Crippen molar-refractivity contribution in [3.05, 3.63) is 57.3 Å². The van der Waals surface area contributed by atoms with Gasteiger partial charge in [-0.05, 0) is 36.7 Å². The SMILES string of the molecule is CCN1CCN(Cc2ccc(CNC(=O)c3ccc(C)s3)cc2)CC1. The molecular weight excluding hydrogens is 330 g/mol. The number of nitrogens with one attached hydrogen (secondary N) is 1. The molecule has 0 saturated carbocycles. The second-order valence-corrected chi connectivity index (χ2v) is 7.91. The Kier molecular flexibility index (Phi) is 6.24. The Hall–Kier alpha value is -1.69. The van der Waals surface area contributed by atoms with Crippen molar-refractivity contribution in [1.29, 1.82) is 0 Å². The monoisotopic (exact) mass is 357 g/mol. The van der Waals surface area contributed by atoms with Crippen molar-refractivity contribution in [2.45, 2.75) is 26.9 Å². The predicted molar refractivity (Wildman–Crippen MR) is 104 cm³/mol. The third-order valence-corrected chi connectivity index (χ3v) is 5.76. The van der Waals surface area contributed by atoms with E-state index in [4.69, 9.17) is 0 Å². The van der Waals surface area contributed by atoms with Gasteiger partial charge in [0, 0.05) is 44.1 Å². The van der Waals surface area contributed by atoms with Gasteiger partial charge in [-0.15, -0.1) is 11.3 Å². The molecule has 2 heterocycles. The van der Waals surface area contributed by atoms with Gasteiger partial charge in [0.15, 0.2) is 0 Å². The largest absolute Gasteiger partial charge is 0.347 e. The number of carbonyl (C=O) groups excluding carboxylic acids is 1. The number of hydrogen-bond acceptors (Lipinski definition) is 4. The lowest BCUT2D eigenvalue weighted by molar-refractivity contribution is 0.0955. The molecule has 1 aromatic carbocycles. The predicted octanol–water partition coefficient (Wildman–Crippen LogP) is 3.12.